The second-order valence-electron chi connectivity index (χ2n) is 5.83. The molecule has 6 nitrogen and oxygen atoms in total. The van der Waals surface area contributed by atoms with Crippen molar-refractivity contribution in [3.63, 3.8) is 0 Å². The highest BCUT2D eigenvalue weighted by Gasteiger charge is 2.29. The van der Waals surface area contributed by atoms with Crippen LogP contribution in [0.4, 0.5) is 24.7 Å². The van der Waals surface area contributed by atoms with E-state index in [1.165, 1.54) is 18.3 Å². The van der Waals surface area contributed by atoms with Crippen LogP contribution < -0.4 is 5.32 Å². The molecule has 4 rings (SSSR count). The maximum atomic E-state index is 12.7. The van der Waals surface area contributed by atoms with E-state index in [9.17, 15) is 13.2 Å². The van der Waals surface area contributed by atoms with Crippen LogP contribution >= 0.6 is 0 Å². The van der Waals surface area contributed by atoms with Crippen molar-refractivity contribution in [3.8, 4) is 11.4 Å². The van der Waals surface area contributed by atoms with Gasteiger partial charge in [-0.25, -0.2) is 15.0 Å². The largest absolute Gasteiger partial charge is 0.416 e. The Morgan fingerprint density at radius 1 is 1.04 bits per heavy atom. The first-order valence-corrected chi connectivity index (χ1v) is 7.98. The summed E-state index contributed by atoms with van der Waals surface area (Å²) in [6.45, 7) is 1.85. The van der Waals surface area contributed by atoms with Crippen LogP contribution in [0.5, 0.6) is 0 Å². The predicted molar refractivity (Wildman–Crippen MR) is 93.5 cm³/mol. The van der Waals surface area contributed by atoms with Gasteiger partial charge in [-0.1, -0.05) is 0 Å². The van der Waals surface area contributed by atoms with Gasteiger partial charge in [-0.05, 0) is 37.3 Å². The minimum Gasteiger partial charge on any atom is -0.339 e. The van der Waals surface area contributed by atoms with Crippen LogP contribution in [-0.2, 0) is 6.18 Å². The van der Waals surface area contributed by atoms with Gasteiger partial charge in [0.2, 0.25) is 5.78 Å². The second kappa shape index (κ2) is 6.35. The molecule has 0 radical (unpaired) electrons. The number of nitrogens with one attached hydrogen (secondary N) is 1. The molecule has 0 bridgehead atoms. The molecule has 0 aliphatic heterocycles. The average Bonchev–Trinajstić information content (AvgIpc) is 2.97. The number of hydrogen-bond acceptors (Lipinski definition) is 5. The first-order chi connectivity index (χ1) is 12.9. The summed E-state index contributed by atoms with van der Waals surface area (Å²) in [5.74, 6) is 0.957. The van der Waals surface area contributed by atoms with Crippen molar-refractivity contribution in [1.29, 1.82) is 0 Å². The van der Waals surface area contributed by atoms with Gasteiger partial charge in [0.1, 0.15) is 11.5 Å². The van der Waals surface area contributed by atoms with E-state index in [1.807, 2.05) is 13.1 Å². The summed E-state index contributed by atoms with van der Waals surface area (Å²) in [6, 6.07) is 6.51. The molecule has 0 aliphatic carbocycles. The Balaban J connectivity index is 1.66. The van der Waals surface area contributed by atoms with Crippen molar-refractivity contribution in [2.24, 2.45) is 0 Å². The van der Waals surface area contributed by atoms with Gasteiger partial charge < -0.3 is 5.32 Å². The highest BCUT2D eigenvalue weighted by Crippen LogP contribution is 2.30. The van der Waals surface area contributed by atoms with Crippen molar-refractivity contribution in [2.75, 3.05) is 5.32 Å². The number of aryl methyl sites for hydroxylation is 1. The molecule has 0 saturated carbocycles. The Hall–Kier alpha value is -3.49. The molecule has 1 N–H and O–H groups in total. The van der Waals surface area contributed by atoms with Gasteiger partial charge in [0.15, 0.2) is 0 Å². The quantitative estimate of drug-likeness (QED) is 0.584. The summed E-state index contributed by atoms with van der Waals surface area (Å²) in [6.07, 6.45) is 2.21. The number of rotatable bonds is 3. The van der Waals surface area contributed by atoms with Gasteiger partial charge in [0.05, 0.1) is 29.3 Å². The number of benzene rings is 1. The minimum absolute atomic E-state index is 0.408. The standard InChI is InChI=1S/C18H13F3N6/c1-11-16(27-8-2-7-23-17(27)24-11)14-9-22-10-15(26-14)25-13-5-3-12(4-6-13)18(19,20)21/h2-10H,1H3,(H,25,26). The summed E-state index contributed by atoms with van der Waals surface area (Å²) < 4.78 is 39.8. The molecule has 9 heteroatoms. The van der Waals surface area contributed by atoms with Gasteiger partial charge in [-0.3, -0.25) is 9.38 Å². The Morgan fingerprint density at radius 2 is 1.81 bits per heavy atom. The highest BCUT2D eigenvalue weighted by molar-refractivity contribution is 5.64. The summed E-state index contributed by atoms with van der Waals surface area (Å²) >= 11 is 0. The smallest absolute Gasteiger partial charge is 0.339 e. The number of imidazole rings is 1. The molecule has 0 unspecified atom stereocenters. The molecule has 0 saturated heterocycles. The first kappa shape index (κ1) is 17.0. The maximum absolute atomic E-state index is 12.7. The van der Waals surface area contributed by atoms with E-state index in [-0.39, 0.29) is 0 Å². The van der Waals surface area contributed by atoms with Crippen LogP contribution in [-0.4, -0.2) is 24.3 Å². The monoisotopic (exact) mass is 370 g/mol. The van der Waals surface area contributed by atoms with Crippen LogP contribution in [0.2, 0.25) is 0 Å². The molecule has 0 aliphatic rings. The third-order valence-corrected chi connectivity index (χ3v) is 3.94. The molecule has 0 atom stereocenters. The number of halogens is 3. The maximum Gasteiger partial charge on any atom is 0.416 e. The molecule has 1 aromatic carbocycles. The molecule has 4 aromatic rings. The molecule has 0 amide bonds. The summed E-state index contributed by atoms with van der Waals surface area (Å²) in [5, 5.41) is 2.97. The summed E-state index contributed by atoms with van der Waals surface area (Å²) in [4.78, 5) is 17.3. The third kappa shape index (κ3) is 3.31. The lowest BCUT2D eigenvalue weighted by Gasteiger charge is -2.10. The molecular formula is C18H13F3N6. The van der Waals surface area contributed by atoms with E-state index in [0.29, 0.717) is 23.0 Å². The summed E-state index contributed by atoms with van der Waals surface area (Å²) in [5.41, 5.74) is 1.84. The van der Waals surface area contributed by atoms with Crippen molar-refractivity contribution >= 4 is 17.3 Å². The molecule has 136 valence electrons. The fourth-order valence-corrected chi connectivity index (χ4v) is 2.74. The van der Waals surface area contributed by atoms with E-state index >= 15 is 0 Å². The Kier molecular flexibility index (Phi) is 3.98. The van der Waals surface area contributed by atoms with E-state index in [1.54, 1.807) is 22.9 Å². The number of aromatic nitrogens is 5. The Labute approximate surface area is 151 Å². The van der Waals surface area contributed by atoms with E-state index < -0.39 is 11.7 Å². The van der Waals surface area contributed by atoms with Gasteiger partial charge in [-0.15, -0.1) is 0 Å². The van der Waals surface area contributed by atoms with Crippen LogP contribution in [0.3, 0.4) is 0 Å². The summed E-state index contributed by atoms with van der Waals surface area (Å²) in [7, 11) is 0. The van der Waals surface area contributed by atoms with Crippen LogP contribution in [0, 0.1) is 6.92 Å². The lowest BCUT2D eigenvalue weighted by molar-refractivity contribution is -0.137. The molecule has 0 fully saturated rings. The fourth-order valence-electron chi connectivity index (χ4n) is 2.74. The Morgan fingerprint density at radius 3 is 2.56 bits per heavy atom. The van der Waals surface area contributed by atoms with Crippen molar-refractivity contribution < 1.29 is 13.2 Å². The van der Waals surface area contributed by atoms with Crippen LogP contribution in [0.15, 0.2) is 55.1 Å². The number of anilines is 2. The number of hydrogen-bond donors (Lipinski definition) is 1. The van der Waals surface area contributed by atoms with Gasteiger partial charge in [-0.2, -0.15) is 13.2 Å². The molecule has 3 aromatic heterocycles. The zero-order valence-corrected chi connectivity index (χ0v) is 14.1. The lowest BCUT2D eigenvalue weighted by Crippen LogP contribution is -2.04. The fraction of sp³-hybridized carbons (Fsp3) is 0.111. The SMILES string of the molecule is Cc1nc2ncccn2c1-c1cncc(Nc2ccc(C(F)(F)F)cc2)n1. The van der Waals surface area contributed by atoms with Gasteiger partial charge in [0, 0.05) is 18.1 Å². The second-order valence-corrected chi connectivity index (χ2v) is 5.83. The van der Waals surface area contributed by atoms with E-state index in [0.717, 1.165) is 23.5 Å². The van der Waals surface area contributed by atoms with Crippen molar-refractivity contribution in [3.05, 3.63) is 66.4 Å². The van der Waals surface area contributed by atoms with E-state index in [2.05, 4.69) is 25.3 Å². The topological polar surface area (TPSA) is 68.0 Å². The molecular weight excluding hydrogens is 357 g/mol. The highest BCUT2D eigenvalue weighted by atomic mass is 19.4. The molecule has 3 heterocycles. The number of alkyl halides is 3. The van der Waals surface area contributed by atoms with Crippen molar-refractivity contribution in [2.45, 2.75) is 13.1 Å². The first-order valence-electron chi connectivity index (χ1n) is 7.98. The number of nitrogens with zero attached hydrogens (tertiary/aromatic N) is 5. The zero-order valence-electron chi connectivity index (χ0n) is 14.1. The average molecular weight is 370 g/mol. The van der Waals surface area contributed by atoms with Crippen molar-refractivity contribution in [1.82, 2.24) is 24.3 Å². The lowest BCUT2D eigenvalue weighted by atomic mass is 10.2. The minimum atomic E-state index is -4.37. The van der Waals surface area contributed by atoms with Gasteiger partial charge >= 0.3 is 6.18 Å². The third-order valence-electron chi connectivity index (χ3n) is 3.94. The molecule has 27 heavy (non-hydrogen) atoms. The van der Waals surface area contributed by atoms with E-state index in [4.69, 9.17) is 0 Å². The van der Waals surface area contributed by atoms with Gasteiger partial charge in [0.25, 0.3) is 0 Å². The Bertz CT molecular complexity index is 1100. The normalized spacial score (nSPS) is 11.7. The number of fused-ring (bicyclic) bond motifs is 1. The predicted octanol–water partition coefficient (Wildman–Crippen LogP) is 4.26. The van der Waals surface area contributed by atoms with Crippen LogP contribution in [0.25, 0.3) is 17.2 Å². The van der Waals surface area contributed by atoms with Crippen LogP contribution in [0.1, 0.15) is 11.3 Å². The molecule has 0 spiro atoms. The zero-order chi connectivity index (χ0) is 19.0.